The third-order valence-corrected chi connectivity index (χ3v) is 11.4. The van der Waals surface area contributed by atoms with Gasteiger partial charge < -0.3 is 0 Å². The van der Waals surface area contributed by atoms with Gasteiger partial charge in [0.15, 0.2) is 0 Å². The summed E-state index contributed by atoms with van der Waals surface area (Å²) in [5, 5.41) is 0. The minimum Gasteiger partial charge on any atom is -0.264 e. The Morgan fingerprint density at radius 2 is 0.844 bits per heavy atom. The van der Waals surface area contributed by atoms with Crippen LogP contribution in [0, 0.1) is 0 Å². The van der Waals surface area contributed by atoms with Gasteiger partial charge in [-0.15, -0.1) is 0 Å². The zero-order chi connectivity index (χ0) is 29.8. The fraction of sp³-hybridized carbons (Fsp3) is 0.0238. The van der Waals surface area contributed by atoms with Gasteiger partial charge in [0.25, 0.3) is 0 Å². The second-order valence-electron chi connectivity index (χ2n) is 11.6. The van der Waals surface area contributed by atoms with Crippen LogP contribution in [0.15, 0.2) is 184 Å². The number of fused-ring (bicyclic) bond motifs is 8. The SMILES string of the molecule is c1ccc(-c2ccc3c(c2)Sc2cc(-c4cccc(-c5cccnc5)c4)ccc2C32c3ccccc3Sc3ccccc32)cc1. The van der Waals surface area contributed by atoms with Crippen molar-refractivity contribution in [2.24, 2.45) is 0 Å². The predicted molar refractivity (Wildman–Crippen MR) is 187 cm³/mol. The van der Waals surface area contributed by atoms with E-state index in [1.165, 1.54) is 69.7 Å². The van der Waals surface area contributed by atoms with Crippen molar-refractivity contribution in [1.82, 2.24) is 4.98 Å². The maximum Gasteiger partial charge on any atom is 0.0745 e. The molecule has 0 radical (unpaired) electrons. The maximum atomic E-state index is 4.35. The summed E-state index contributed by atoms with van der Waals surface area (Å²) < 4.78 is 0. The average molecular weight is 610 g/mol. The minimum absolute atomic E-state index is 0.417. The number of benzene rings is 6. The van der Waals surface area contributed by atoms with Crippen molar-refractivity contribution in [2.75, 3.05) is 0 Å². The second-order valence-corrected chi connectivity index (χ2v) is 13.7. The summed E-state index contributed by atoms with van der Waals surface area (Å²) in [5.41, 5.74) is 12.2. The molecule has 0 atom stereocenters. The van der Waals surface area contributed by atoms with E-state index in [0.717, 1.165) is 5.56 Å². The van der Waals surface area contributed by atoms with E-state index in [1.807, 2.05) is 42.0 Å². The molecule has 0 N–H and O–H groups in total. The molecule has 0 saturated carbocycles. The molecule has 0 bridgehead atoms. The van der Waals surface area contributed by atoms with E-state index >= 15 is 0 Å². The van der Waals surface area contributed by atoms with Gasteiger partial charge in [0.05, 0.1) is 5.41 Å². The molecule has 3 heteroatoms. The quantitative estimate of drug-likeness (QED) is 0.198. The molecular weight excluding hydrogens is 583 g/mol. The second kappa shape index (κ2) is 10.7. The Kier molecular flexibility index (Phi) is 6.29. The highest BCUT2D eigenvalue weighted by Gasteiger charge is 2.48. The first-order valence-electron chi connectivity index (χ1n) is 15.2. The van der Waals surface area contributed by atoms with E-state index in [9.17, 15) is 0 Å². The van der Waals surface area contributed by atoms with Gasteiger partial charge in [0, 0.05) is 37.5 Å². The van der Waals surface area contributed by atoms with Crippen molar-refractivity contribution in [1.29, 1.82) is 0 Å². The number of pyridine rings is 1. The van der Waals surface area contributed by atoms with E-state index in [4.69, 9.17) is 0 Å². The fourth-order valence-corrected chi connectivity index (χ4v) is 9.54. The van der Waals surface area contributed by atoms with E-state index in [0.29, 0.717) is 0 Å². The Morgan fingerprint density at radius 3 is 1.49 bits per heavy atom. The summed E-state index contributed by atoms with van der Waals surface area (Å²) in [7, 11) is 0. The molecule has 1 aromatic heterocycles. The molecule has 0 fully saturated rings. The fourth-order valence-electron chi connectivity index (χ4n) is 7.07. The third-order valence-electron chi connectivity index (χ3n) is 9.09. The van der Waals surface area contributed by atoms with Crippen LogP contribution in [0.25, 0.3) is 33.4 Å². The lowest BCUT2D eigenvalue weighted by Crippen LogP contribution is -2.36. The normalized spacial score (nSPS) is 13.8. The van der Waals surface area contributed by atoms with Crippen LogP contribution in [0.4, 0.5) is 0 Å². The molecule has 0 amide bonds. The smallest absolute Gasteiger partial charge is 0.0745 e. The van der Waals surface area contributed by atoms with Crippen LogP contribution in [0.1, 0.15) is 22.3 Å². The zero-order valence-corrected chi connectivity index (χ0v) is 26.0. The van der Waals surface area contributed by atoms with Gasteiger partial charge in [0.1, 0.15) is 0 Å². The van der Waals surface area contributed by atoms with Gasteiger partial charge in [0.2, 0.25) is 0 Å². The van der Waals surface area contributed by atoms with Crippen molar-refractivity contribution < 1.29 is 0 Å². The van der Waals surface area contributed by atoms with Crippen molar-refractivity contribution in [2.45, 2.75) is 25.0 Å². The van der Waals surface area contributed by atoms with Crippen LogP contribution in [-0.4, -0.2) is 4.98 Å². The Morgan fingerprint density at radius 1 is 0.356 bits per heavy atom. The molecule has 7 aromatic rings. The van der Waals surface area contributed by atoms with Gasteiger partial charge >= 0.3 is 0 Å². The Hall–Kier alpha value is -4.83. The summed E-state index contributed by atoms with van der Waals surface area (Å²) in [6.07, 6.45) is 3.76. The Bertz CT molecular complexity index is 2180. The molecule has 6 aromatic carbocycles. The molecule has 9 rings (SSSR count). The number of aromatic nitrogens is 1. The Labute approximate surface area is 272 Å². The number of nitrogens with zero attached hydrogens (tertiary/aromatic N) is 1. The summed E-state index contributed by atoms with van der Waals surface area (Å²) in [6.45, 7) is 0. The van der Waals surface area contributed by atoms with Gasteiger partial charge in [-0.3, -0.25) is 4.98 Å². The van der Waals surface area contributed by atoms with Crippen molar-refractivity contribution in [3.05, 3.63) is 186 Å². The number of hydrogen-bond donors (Lipinski definition) is 0. The van der Waals surface area contributed by atoms with E-state index in [-0.39, 0.29) is 0 Å². The summed E-state index contributed by atoms with van der Waals surface area (Å²) in [4.78, 5) is 9.60. The topological polar surface area (TPSA) is 12.9 Å². The highest BCUT2D eigenvalue weighted by atomic mass is 32.2. The molecule has 0 aliphatic carbocycles. The van der Waals surface area contributed by atoms with Crippen molar-refractivity contribution in [3.8, 4) is 33.4 Å². The molecule has 1 spiro atoms. The molecule has 2 aliphatic heterocycles. The number of hydrogen-bond acceptors (Lipinski definition) is 3. The van der Waals surface area contributed by atoms with Gasteiger partial charge in [-0.25, -0.2) is 0 Å². The standard InChI is InChI=1S/C42H27NS2/c1-2-10-28(11-3-1)31-19-21-36-40(25-31)45-41-26-32(29-12-8-13-30(24-29)33-14-9-23-43-27-33)20-22-37(41)42(36)34-15-4-6-17-38(34)44-39-18-7-5-16-35(39)42/h1-27H. The van der Waals surface area contributed by atoms with E-state index < -0.39 is 5.41 Å². The highest BCUT2D eigenvalue weighted by Crippen LogP contribution is 2.62. The highest BCUT2D eigenvalue weighted by molar-refractivity contribution is 8.00. The van der Waals surface area contributed by atoms with Crippen LogP contribution in [0.2, 0.25) is 0 Å². The summed E-state index contributed by atoms with van der Waals surface area (Å²) in [6, 6.07) is 55.9. The Balaban J connectivity index is 1.30. The number of rotatable bonds is 3. The average Bonchev–Trinajstić information content (AvgIpc) is 3.12. The van der Waals surface area contributed by atoms with E-state index in [1.54, 1.807) is 0 Å². The lowest BCUT2D eigenvalue weighted by atomic mass is 9.64. The summed E-state index contributed by atoms with van der Waals surface area (Å²) in [5.74, 6) is 0. The van der Waals surface area contributed by atoms with Crippen LogP contribution in [-0.2, 0) is 5.41 Å². The van der Waals surface area contributed by atoms with Crippen LogP contribution < -0.4 is 0 Å². The molecule has 2 aliphatic rings. The third kappa shape index (κ3) is 4.23. The molecule has 0 saturated heterocycles. The molecule has 3 heterocycles. The molecule has 45 heavy (non-hydrogen) atoms. The minimum atomic E-state index is -0.417. The van der Waals surface area contributed by atoms with E-state index in [2.05, 4.69) is 151 Å². The zero-order valence-electron chi connectivity index (χ0n) is 24.4. The molecule has 0 unspecified atom stereocenters. The largest absolute Gasteiger partial charge is 0.264 e. The maximum absolute atomic E-state index is 4.35. The summed E-state index contributed by atoms with van der Waals surface area (Å²) >= 11 is 3.79. The van der Waals surface area contributed by atoms with Gasteiger partial charge in [-0.05, 0) is 86.5 Å². The van der Waals surface area contributed by atoms with Gasteiger partial charge in [-0.2, -0.15) is 0 Å². The monoisotopic (exact) mass is 609 g/mol. The molecular formula is C42H27NS2. The molecule has 212 valence electrons. The van der Waals surface area contributed by atoms with Crippen LogP contribution in [0.3, 0.4) is 0 Å². The van der Waals surface area contributed by atoms with Crippen LogP contribution in [0.5, 0.6) is 0 Å². The predicted octanol–water partition coefficient (Wildman–Crippen LogP) is 11.4. The lowest BCUT2D eigenvalue weighted by molar-refractivity contribution is 0.667. The van der Waals surface area contributed by atoms with Gasteiger partial charge in [-0.1, -0.05) is 139 Å². The van der Waals surface area contributed by atoms with Crippen LogP contribution >= 0.6 is 23.5 Å². The van der Waals surface area contributed by atoms with Crippen molar-refractivity contribution in [3.63, 3.8) is 0 Å². The molecule has 1 nitrogen and oxygen atoms in total. The lowest BCUT2D eigenvalue weighted by Gasteiger charge is -2.45. The first-order chi connectivity index (χ1) is 22.3. The van der Waals surface area contributed by atoms with Crippen molar-refractivity contribution >= 4 is 23.5 Å². The first-order valence-corrected chi connectivity index (χ1v) is 16.8. The first kappa shape index (κ1) is 26.6.